The molecule has 1 unspecified atom stereocenters. The van der Waals surface area contributed by atoms with Crippen LogP contribution in [0.1, 0.15) is 30.8 Å². The number of anilines is 1. The van der Waals surface area contributed by atoms with E-state index in [1.54, 1.807) is 23.9 Å². The van der Waals surface area contributed by atoms with E-state index in [2.05, 4.69) is 20.3 Å². The molecule has 0 aliphatic carbocycles. The Kier molecular flexibility index (Phi) is 7.12. The predicted molar refractivity (Wildman–Crippen MR) is 125 cm³/mol. The first-order valence-corrected chi connectivity index (χ1v) is 10.1. The Morgan fingerprint density at radius 2 is 1.84 bits per heavy atom. The van der Waals surface area contributed by atoms with Gasteiger partial charge in [0.1, 0.15) is 0 Å². The van der Waals surface area contributed by atoms with Gasteiger partial charge in [-0.15, -0.1) is 0 Å². The van der Waals surface area contributed by atoms with Crippen molar-refractivity contribution >= 4 is 29.2 Å². The Bertz CT molecular complexity index is 1170. The second kappa shape index (κ2) is 10.2. The number of rotatable bonds is 3. The van der Waals surface area contributed by atoms with Gasteiger partial charge in [-0.3, -0.25) is 10.2 Å². The standard InChI is InChI=1S/C21H19N7O2.C2H6/c1-28-12-11-24-19(28)17(22)30-21(23)27-18-20(29)25-15-10-6-5-9-14(15)16(26-18)13-7-3-2-4-8-13;1-2/h2-12,18,22H,1H3,(H2,23,27)(H,25,29);1-2H3. The van der Waals surface area contributed by atoms with Crippen molar-refractivity contribution in [2.45, 2.75) is 20.0 Å². The van der Waals surface area contributed by atoms with E-state index in [1.165, 1.54) is 6.20 Å². The van der Waals surface area contributed by atoms with E-state index < -0.39 is 12.1 Å². The molecule has 0 saturated carbocycles. The summed E-state index contributed by atoms with van der Waals surface area (Å²) in [5, 5.41) is 10.8. The molecule has 1 amide bonds. The third-order valence-electron chi connectivity index (χ3n) is 4.45. The lowest BCUT2D eigenvalue weighted by atomic mass is 10.0. The summed E-state index contributed by atoms with van der Waals surface area (Å²) in [6.07, 6.45) is 2.03. The van der Waals surface area contributed by atoms with Gasteiger partial charge in [0.15, 0.2) is 5.82 Å². The van der Waals surface area contributed by atoms with Gasteiger partial charge in [-0.2, -0.15) is 4.99 Å². The number of carbonyl (C=O) groups is 1. The van der Waals surface area contributed by atoms with E-state index in [0.717, 1.165) is 11.1 Å². The van der Waals surface area contributed by atoms with Gasteiger partial charge in [0.25, 0.3) is 17.8 Å². The van der Waals surface area contributed by atoms with Gasteiger partial charge in [0, 0.05) is 30.6 Å². The molecule has 1 atom stereocenters. The molecule has 9 heteroatoms. The lowest BCUT2D eigenvalue weighted by Crippen LogP contribution is -2.29. The Hall–Kier alpha value is -4.27. The maximum absolute atomic E-state index is 12.8. The monoisotopic (exact) mass is 431 g/mol. The van der Waals surface area contributed by atoms with Crippen LogP contribution in [0.5, 0.6) is 0 Å². The summed E-state index contributed by atoms with van der Waals surface area (Å²) in [5.74, 6) is -0.462. The summed E-state index contributed by atoms with van der Waals surface area (Å²) >= 11 is 0. The van der Waals surface area contributed by atoms with Gasteiger partial charge in [-0.25, -0.2) is 9.98 Å². The van der Waals surface area contributed by atoms with Crippen molar-refractivity contribution in [2.24, 2.45) is 22.8 Å². The fourth-order valence-electron chi connectivity index (χ4n) is 3.04. The number of fused-ring (bicyclic) bond motifs is 1. The van der Waals surface area contributed by atoms with Crippen molar-refractivity contribution in [3.8, 4) is 0 Å². The maximum atomic E-state index is 12.8. The molecule has 0 saturated heterocycles. The lowest BCUT2D eigenvalue weighted by molar-refractivity contribution is -0.117. The summed E-state index contributed by atoms with van der Waals surface area (Å²) < 4.78 is 6.87. The van der Waals surface area contributed by atoms with Gasteiger partial charge in [-0.1, -0.05) is 62.4 Å². The van der Waals surface area contributed by atoms with Crippen LogP contribution in [-0.2, 0) is 16.6 Å². The number of nitrogens with two attached hydrogens (primary N) is 1. The van der Waals surface area contributed by atoms with E-state index in [1.807, 2.05) is 62.4 Å². The predicted octanol–water partition coefficient (Wildman–Crippen LogP) is 2.92. The molecule has 0 spiro atoms. The number of amidine groups is 1. The van der Waals surface area contributed by atoms with Crippen LogP contribution in [0.25, 0.3) is 0 Å². The van der Waals surface area contributed by atoms with Crippen LogP contribution in [-0.4, -0.2) is 39.3 Å². The summed E-state index contributed by atoms with van der Waals surface area (Å²) in [6.45, 7) is 4.00. The number of ether oxygens (including phenoxy) is 1. The van der Waals surface area contributed by atoms with E-state index in [4.69, 9.17) is 15.9 Å². The van der Waals surface area contributed by atoms with Gasteiger partial charge in [0.2, 0.25) is 6.17 Å². The smallest absolute Gasteiger partial charge is 0.291 e. The van der Waals surface area contributed by atoms with Gasteiger partial charge < -0.3 is 20.4 Å². The molecule has 0 bridgehead atoms. The Balaban J connectivity index is 0.00000141. The minimum Gasteiger partial charge on any atom is -0.404 e. The minimum absolute atomic E-state index is 0.277. The number of amides is 1. The molecular formula is C23H25N7O2. The quantitative estimate of drug-likeness (QED) is 0.435. The van der Waals surface area contributed by atoms with Crippen LogP contribution in [0.3, 0.4) is 0 Å². The fourth-order valence-corrected chi connectivity index (χ4v) is 3.04. The number of benzene rings is 2. The van der Waals surface area contributed by atoms with E-state index in [-0.39, 0.29) is 17.7 Å². The van der Waals surface area contributed by atoms with Crippen molar-refractivity contribution in [3.63, 3.8) is 0 Å². The Labute approximate surface area is 186 Å². The van der Waals surface area contributed by atoms with Crippen molar-refractivity contribution in [1.82, 2.24) is 9.55 Å². The summed E-state index contributed by atoms with van der Waals surface area (Å²) in [7, 11) is 1.72. The minimum atomic E-state index is -1.18. The number of para-hydroxylation sites is 1. The van der Waals surface area contributed by atoms with Crippen LogP contribution in [0.15, 0.2) is 77.0 Å². The second-order valence-corrected chi connectivity index (χ2v) is 6.51. The van der Waals surface area contributed by atoms with E-state index in [9.17, 15) is 4.79 Å². The van der Waals surface area contributed by atoms with Gasteiger partial charge in [0.05, 0.1) is 11.4 Å². The van der Waals surface area contributed by atoms with Crippen molar-refractivity contribution in [2.75, 3.05) is 5.32 Å². The summed E-state index contributed by atoms with van der Waals surface area (Å²) in [6, 6.07) is 16.5. The third-order valence-corrected chi connectivity index (χ3v) is 4.45. The molecule has 164 valence electrons. The van der Waals surface area contributed by atoms with Crippen LogP contribution < -0.4 is 11.1 Å². The van der Waals surface area contributed by atoms with Crippen molar-refractivity contribution in [1.29, 1.82) is 5.41 Å². The second-order valence-electron chi connectivity index (χ2n) is 6.51. The number of benzodiazepines with no additional fused rings is 1. The van der Waals surface area contributed by atoms with Crippen LogP contribution in [0, 0.1) is 5.41 Å². The molecule has 1 aliphatic heterocycles. The highest BCUT2D eigenvalue weighted by Gasteiger charge is 2.26. The number of nitrogens with zero attached hydrogens (tertiary/aromatic N) is 4. The van der Waals surface area contributed by atoms with Crippen LogP contribution in [0.4, 0.5) is 5.69 Å². The van der Waals surface area contributed by atoms with Crippen LogP contribution >= 0.6 is 0 Å². The number of nitrogens with one attached hydrogen (secondary N) is 2. The average Bonchev–Trinajstić information content (AvgIpc) is 3.19. The largest absolute Gasteiger partial charge is 0.404 e. The molecule has 2 heterocycles. The first kappa shape index (κ1) is 22.4. The normalized spacial score (nSPS) is 15.3. The topological polar surface area (TPSA) is 131 Å². The molecule has 9 nitrogen and oxygen atoms in total. The molecule has 4 rings (SSSR count). The molecule has 3 aromatic rings. The third kappa shape index (κ3) is 4.89. The fraction of sp³-hybridized carbons (Fsp3) is 0.174. The summed E-state index contributed by atoms with van der Waals surface area (Å²) in [4.78, 5) is 25.4. The average molecular weight is 432 g/mol. The Morgan fingerprint density at radius 1 is 1.16 bits per heavy atom. The Morgan fingerprint density at radius 3 is 2.53 bits per heavy atom. The molecule has 0 fully saturated rings. The van der Waals surface area contributed by atoms with Crippen molar-refractivity contribution in [3.05, 3.63) is 83.9 Å². The molecule has 1 aliphatic rings. The maximum Gasteiger partial charge on any atom is 0.291 e. The van der Waals surface area contributed by atoms with Gasteiger partial charge in [-0.05, 0) is 6.07 Å². The van der Waals surface area contributed by atoms with Crippen molar-refractivity contribution < 1.29 is 9.53 Å². The number of aliphatic imine (C=N–C) groups is 2. The zero-order valence-electron chi connectivity index (χ0n) is 18.1. The molecule has 2 aromatic carbocycles. The number of aromatic nitrogens is 2. The lowest BCUT2D eigenvalue weighted by Gasteiger charge is -2.09. The first-order chi connectivity index (χ1) is 15.5. The highest BCUT2D eigenvalue weighted by molar-refractivity contribution is 6.19. The number of carbonyl (C=O) groups excluding carboxylic acids is 1. The number of hydrogen-bond acceptors (Lipinski definition) is 6. The van der Waals surface area contributed by atoms with Crippen LogP contribution in [0.2, 0.25) is 0 Å². The zero-order chi connectivity index (χ0) is 23.1. The van der Waals surface area contributed by atoms with E-state index in [0.29, 0.717) is 11.4 Å². The highest BCUT2D eigenvalue weighted by Crippen LogP contribution is 2.24. The highest BCUT2D eigenvalue weighted by atomic mass is 16.5. The number of hydrogen-bond donors (Lipinski definition) is 3. The number of imidazole rings is 1. The first-order valence-electron chi connectivity index (χ1n) is 10.1. The van der Waals surface area contributed by atoms with Gasteiger partial charge >= 0.3 is 0 Å². The molecule has 1 aromatic heterocycles. The number of aryl methyl sites for hydroxylation is 1. The summed E-state index contributed by atoms with van der Waals surface area (Å²) in [5.41, 5.74) is 8.70. The molecule has 0 radical (unpaired) electrons. The molecular weight excluding hydrogens is 406 g/mol. The molecule has 32 heavy (non-hydrogen) atoms. The van der Waals surface area contributed by atoms with E-state index >= 15 is 0 Å². The zero-order valence-corrected chi connectivity index (χ0v) is 18.1. The SMILES string of the molecule is CC.Cn1ccnc1C(=N)O/C(N)=N/C1N=C(c2ccccc2)c2ccccc2NC1=O. The molecule has 4 N–H and O–H groups in total.